The fourth-order valence-electron chi connectivity index (χ4n) is 1.52. The predicted molar refractivity (Wildman–Crippen MR) is 64.6 cm³/mol. The molecule has 0 saturated carbocycles. The molecule has 1 rings (SSSR count). The van der Waals surface area contributed by atoms with Crippen LogP contribution in [0.15, 0.2) is 11.0 Å². The zero-order chi connectivity index (χ0) is 12.7. The van der Waals surface area contributed by atoms with E-state index in [0.717, 1.165) is 0 Å². The predicted octanol–water partition coefficient (Wildman–Crippen LogP) is 2.23. The van der Waals surface area contributed by atoms with Gasteiger partial charge in [0.25, 0.3) is 10.1 Å². The van der Waals surface area contributed by atoms with Crippen LogP contribution in [0.25, 0.3) is 0 Å². The molecule has 0 amide bonds. The number of hydrogen-bond acceptors (Lipinski definition) is 4. The molecule has 1 aromatic carbocycles. The fourth-order valence-corrected chi connectivity index (χ4v) is 5.37. The molecule has 0 unspecified atom stereocenters. The molecule has 0 aromatic heterocycles. The van der Waals surface area contributed by atoms with Gasteiger partial charge in [0.1, 0.15) is 8.47 Å². The van der Waals surface area contributed by atoms with Crippen LogP contribution in [0.3, 0.4) is 0 Å². The average molecular weight is 358 g/mol. The molecule has 90 valence electrons. The molecule has 0 aliphatic carbocycles. The summed E-state index contributed by atoms with van der Waals surface area (Å²) in [6.45, 7) is 4.65. The Balaban J connectivity index is 3.95. The van der Waals surface area contributed by atoms with Crippen molar-refractivity contribution in [3.63, 3.8) is 0 Å². The van der Waals surface area contributed by atoms with Crippen LogP contribution in [0.2, 0.25) is 0 Å². The van der Waals surface area contributed by atoms with E-state index in [1.807, 2.05) is 0 Å². The van der Waals surface area contributed by atoms with Crippen molar-refractivity contribution < 1.29 is 19.1 Å². The van der Waals surface area contributed by atoms with Gasteiger partial charge in [-0.3, -0.25) is 4.55 Å². The second-order valence-electron chi connectivity index (χ2n) is 3.47. The minimum Gasteiger partial charge on any atom is -0.282 e. The van der Waals surface area contributed by atoms with Crippen LogP contribution in [0.1, 0.15) is 16.7 Å². The lowest BCUT2D eigenvalue weighted by Crippen LogP contribution is -2.07. The highest BCUT2D eigenvalue weighted by molar-refractivity contribution is 14.2. The van der Waals surface area contributed by atoms with Crippen molar-refractivity contribution in [2.45, 2.75) is 25.7 Å². The van der Waals surface area contributed by atoms with E-state index in [9.17, 15) is 14.6 Å². The standard InChI is InChI=1S/C9H11IO5S/c1-5-4-6(2)8(10(11)12)9(7(5)3)16(13,14)15/h4H,1-3H3,(H,13,14,15). The van der Waals surface area contributed by atoms with Crippen LogP contribution in [-0.2, 0) is 16.3 Å². The van der Waals surface area contributed by atoms with Gasteiger partial charge < -0.3 is 0 Å². The highest BCUT2D eigenvalue weighted by Gasteiger charge is 2.24. The molecular formula is C9H11IO5S. The van der Waals surface area contributed by atoms with Crippen LogP contribution >= 0.6 is 19.8 Å². The minimum atomic E-state index is -4.51. The molecule has 0 radical (unpaired) electrons. The molecule has 0 aliphatic rings. The molecular weight excluding hydrogens is 347 g/mol. The smallest absolute Gasteiger partial charge is 0.282 e. The zero-order valence-corrected chi connectivity index (χ0v) is 11.9. The third kappa shape index (κ3) is 2.41. The first-order valence-electron chi connectivity index (χ1n) is 4.29. The number of rotatable bonds is 2. The molecule has 0 heterocycles. The van der Waals surface area contributed by atoms with E-state index in [4.69, 9.17) is 4.55 Å². The fraction of sp³-hybridized carbons (Fsp3) is 0.333. The summed E-state index contributed by atoms with van der Waals surface area (Å²) >= 11 is -3.97. The third-order valence-electron chi connectivity index (χ3n) is 2.32. The monoisotopic (exact) mass is 358 g/mol. The molecule has 16 heavy (non-hydrogen) atoms. The van der Waals surface area contributed by atoms with Crippen molar-refractivity contribution in [2.24, 2.45) is 0 Å². The van der Waals surface area contributed by atoms with Crippen molar-refractivity contribution in [2.75, 3.05) is 0 Å². The average Bonchev–Trinajstić information content (AvgIpc) is 2.07. The lowest BCUT2D eigenvalue weighted by molar-refractivity contribution is 0.481. The highest BCUT2D eigenvalue weighted by Crippen LogP contribution is 2.32. The maximum Gasteiger partial charge on any atom is 0.342 e. The van der Waals surface area contributed by atoms with Gasteiger partial charge in [-0.25, -0.2) is 6.14 Å². The van der Waals surface area contributed by atoms with Crippen LogP contribution in [-0.4, -0.2) is 13.0 Å². The second kappa shape index (κ2) is 4.38. The summed E-state index contributed by atoms with van der Waals surface area (Å²) in [5, 5.41) is 0. The van der Waals surface area contributed by atoms with E-state index in [-0.39, 0.29) is 9.13 Å². The maximum atomic E-state index is 11.2. The molecule has 0 spiro atoms. The lowest BCUT2D eigenvalue weighted by atomic mass is 10.1. The second-order valence-corrected chi connectivity index (χ2v) is 7.15. The summed E-state index contributed by atoms with van der Waals surface area (Å²) in [7, 11) is -4.51. The number of aryl methyl sites for hydroxylation is 2. The number of benzene rings is 1. The van der Waals surface area contributed by atoms with Gasteiger partial charge in [-0.2, -0.15) is 8.42 Å². The van der Waals surface area contributed by atoms with Gasteiger partial charge in [0.15, 0.2) is 0 Å². The van der Waals surface area contributed by atoms with Crippen molar-refractivity contribution in [1.82, 2.24) is 0 Å². The Morgan fingerprint density at radius 1 is 1.12 bits per heavy atom. The number of hydrogen-bond donors (Lipinski definition) is 1. The summed E-state index contributed by atoms with van der Waals surface area (Å²) in [4.78, 5) is -0.472. The van der Waals surface area contributed by atoms with E-state index in [1.54, 1.807) is 13.0 Å². The largest absolute Gasteiger partial charge is 0.342 e. The molecule has 5 nitrogen and oxygen atoms in total. The Morgan fingerprint density at radius 2 is 1.62 bits per heavy atom. The van der Waals surface area contributed by atoms with E-state index >= 15 is 0 Å². The highest BCUT2D eigenvalue weighted by atomic mass is 127. The molecule has 1 N–H and O–H groups in total. The van der Waals surface area contributed by atoms with Crippen LogP contribution in [0.5, 0.6) is 0 Å². The first kappa shape index (κ1) is 13.5. The third-order valence-corrected chi connectivity index (χ3v) is 5.99. The van der Waals surface area contributed by atoms with E-state index in [1.165, 1.54) is 13.8 Å². The Hall–Kier alpha value is -0.540. The Morgan fingerprint density at radius 3 is 2.00 bits per heavy atom. The summed E-state index contributed by atoms with van der Waals surface area (Å²) in [5.74, 6) is 0. The van der Waals surface area contributed by atoms with Gasteiger partial charge in [0.05, 0.1) is 0 Å². The molecule has 7 heteroatoms. The normalized spacial score (nSPS) is 12.1. The Kier molecular flexibility index (Phi) is 3.70. The molecule has 0 saturated heterocycles. The van der Waals surface area contributed by atoms with Crippen LogP contribution in [0.4, 0.5) is 0 Å². The quantitative estimate of drug-likeness (QED) is 0.647. The van der Waals surface area contributed by atoms with Crippen LogP contribution < -0.4 is 0 Å². The molecule has 0 bridgehead atoms. The van der Waals surface area contributed by atoms with Gasteiger partial charge in [-0.1, -0.05) is 6.07 Å². The summed E-state index contributed by atoms with van der Waals surface area (Å²) < 4.78 is 53.4. The van der Waals surface area contributed by atoms with E-state index in [2.05, 4.69) is 0 Å². The summed E-state index contributed by atoms with van der Waals surface area (Å²) in [5.41, 5.74) is 1.26. The summed E-state index contributed by atoms with van der Waals surface area (Å²) in [6, 6.07) is 1.60. The molecule has 0 fully saturated rings. The maximum absolute atomic E-state index is 11.2. The van der Waals surface area contributed by atoms with Gasteiger partial charge in [-0.05, 0) is 37.5 Å². The first-order valence-corrected chi connectivity index (χ1v) is 8.58. The van der Waals surface area contributed by atoms with Gasteiger partial charge in [-0.15, -0.1) is 0 Å². The minimum absolute atomic E-state index is 0.241. The lowest BCUT2D eigenvalue weighted by Gasteiger charge is -2.10. The van der Waals surface area contributed by atoms with Crippen molar-refractivity contribution >= 4 is 29.9 Å². The van der Waals surface area contributed by atoms with Crippen molar-refractivity contribution in [1.29, 1.82) is 0 Å². The van der Waals surface area contributed by atoms with Gasteiger partial charge in [0, 0.05) is 0 Å². The van der Waals surface area contributed by atoms with Crippen molar-refractivity contribution in [3.8, 4) is 0 Å². The van der Waals surface area contributed by atoms with Gasteiger partial charge in [0.2, 0.25) is 0 Å². The SMILES string of the molecule is Cc1cc(C)c(I(=O)=O)c(S(=O)(=O)O)c1C. The number of halogens is 1. The van der Waals surface area contributed by atoms with E-state index < -0.39 is 34.8 Å². The molecule has 0 atom stereocenters. The zero-order valence-electron chi connectivity index (χ0n) is 8.94. The van der Waals surface area contributed by atoms with Crippen molar-refractivity contribution in [3.05, 3.63) is 26.3 Å². The topological polar surface area (TPSA) is 88.5 Å². The Labute approximate surface area is 101 Å². The summed E-state index contributed by atoms with van der Waals surface area (Å²) in [6.07, 6.45) is 0. The van der Waals surface area contributed by atoms with Crippen LogP contribution in [0, 0.1) is 24.3 Å². The van der Waals surface area contributed by atoms with E-state index in [0.29, 0.717) is 11.1 Å². The van der Waals surface area contributed by atoms with Gasteiger partial charge >= 0.3 is 19.8 Å². The first-order chi connectivity index (χ1) is 7.16. The Bertz CT molecular complexity index is 605. The molecule has 0 aliphatic heterocycles. The molecule has 1 aromatic rings.